The van der Waals surface area contributed by atoms with Crippen LogP contribution in [0.4, 0.5) is 5.69 Å². The first-order chi connectivity index (χ1) is 18.2. The molecule has 0 saturated carbocycles. The molecule has 0 radical (unpaired) electrons. The number of ether oxygens (including phenoxy) is 1. The number of guanidine groups is 1. The van der Waals surface area contributed by atoms with Crippen LogP contribution in [0.15, 0.2) is 54.6 Å². The second kappa shape index (κ2) is 16.0. The van der Waals surface area contributed by atoms with Crippen LogP contribution < -0.4 is 26.8 Å². The topological polar surface area (TPSA) is 176 Å². The Morgan fingerprint density at radius 1 is 0.854 bits per heavy atom. The van der Waals surface area contributed by atoms with Gasteiger partial charge in [0.25, 0.3) is 0 Å². The number of nitrogens with zero attached hydrogens (tertiary/aromatic N) is 2. The molecule has 0 atom stereocenters. The van der Waals surface area contributed by atoms with Crippen molar-refractivity contribution in [1.29, 1.82) is 10.8 Å². The van der Waals surface area contributed by atoms with Gasteiger partial charge in [0, 0.05) is 29.9 Å². The molecule has 41 heavy (non-hydrogen) atoms. The minimum atomic E-state index is -0.593. The van der Waals surface area contributed by atoms with Crippen LogP contribution in [-0.2, 0) is 11.2 Å². The number of carbonyl (C=O) groups excluding carboxylic acids is 2. The number of amidine groups is 1. The molecule has 1 amide bonds. The van der Waals surface area contributed by atoms with Gasteiger partial charge < -0.3 is 31.7 Å². The molecule has 1 aliphatic heterocycles. The molecule has 1 aliphatic rings. The van der Waals surface area contributed by atoms with E-state index < -0.39 is 11.9 Å². The van der Waals surface area contributed by atoms with Crippen LogP contribution in [-0.4, -0.2) is 54.8 Å². The van der Waals surface area contributed by atoms with Crippen LogP contribution in [0.1, 0.15) is 40.7 Å². The number of fused-ring (bicyclic) bond motifs is 1. The Labute approximate surface area is 257 Å². The second-order valence-corrected chi connectivity index (χ2v) is 9.41. The number of nitrogen functional groups attached to an aromatic ring is 1. The van der Waals surface area contributed by atoms with E-state index in [-0.39, 0.29) is 61.2 Å². The third-order valence-electron chi connectivity index (χ3n) is 6.75. The van der Waals surface area contributed by atoms with Crippen molar-refractivity contribution in [3.8, 4) is 5.75 Å². The van der Waals surface area contributed by atoms with Gasteiger partial charge in [-0.3, -0.25) is 15.6 Å². The van der Waals surface area contributed by atoms with Gasteiger partial charge in [0.05, 0.1) is 12.0 Å². The van der Waals surface area contributed by atoms with E-state index in [1.165, 1.54) is 19.3 Å². The number of rotatable bonds is 9. The van der Waals surface area contributed by atoms with Gasteiger partial charge in [0.2, 0.25) is 5.91 Å². The molecule has 4 rings (SSSR count). The Kier molecular flexibility index (Phi) is 13.9. The van der Waals surface area contributed by atoms with E-state index in [0.29, 0.717) is 34.3 Å². The number of likely N-dealkylation sites (tertiary alicyclic amines) is 1. The number of piperidine rings is 1. The summed E-state index contributed by atoms with van der Waals surface area (Å²) < 4.78 is 5.69. The fourth-order valence-electron chi connectivity index (χ4n) is 4.74. The minimum Gasteiger partial charge on any atom is -0.423 e. The molecule has 1 saturated heterocycles. The molecule has 0 unspecified atom stereocenters. The number of nitrogens with one attached hydrogen (secondary N) is 2. The molecule has 3 aromatic carbocycles. The molecule has 8 N–H and O–H groups in total. The van der Waals surface area contributed by atoms with Gasteiger partial charge in [-0.05, 0) is 73.1 Å². The minimum absolute atomic E-state index is 0. The number of amides is 1. The standard InChI is InChI=1S/C28H33N7O3.3ClH/c29-25(36)17-23-22-10-6-20(26(30)31)16-19(22)7-11-24(23)38-27(37)18-4-8-21(9-5-18)35(28(32)33)15-14-34-12-2-1-3-13-34;;;/h4-11,16H,1-3,12-15,17H2,(H2,29,36)(H3,30,31)(H3,32,33);3*1H. The predicted molar refractivity (Wildman–Crippen MR) is 171 cm³/mol. The highest BCUT2D eigenvalue weighted by atomic mass is 35.5. The van der Waals surface area contributed by atoms with E-state index in [2.05, 4.69) is 4.90 Å². The van der Waals surface area contributed by atoms with Gasteiger partial charge in [0.15, 0.2) is 5.96 Å². The van der Waals surface area contributed by atoms with Crippen LogP contribution in [0.2, 0.25) is 0 Å². The third kappa shape index (κ3) is 8.96. The second-order valence-electron chi connectivity index (χ2n) is 9.41. The molecule has 1 heterocycles. The van der Waals surface area contributed by atoms with E-state index >= 15 is 0 Å². The van der Waals surface area contributed by atoms with Crippen molar-refractivity contribution >= 4 is 77.4 Å². The predicted octanol–water partition coefficient (Wildman–Crippen LogP) is 3.82. The maximum atomic E-state index is 13.0. The Balaban J connectivity index is 0.00000280. The zero-order chi connectivity index (χ0) is 27.2. The Morgan fingerprint density at radius 3 is 2.07 bits per heavy atom. The fourth-order valence-corrected chi connectivity index (χ4v) is 4.74. The van der Waals surface area contributed by atoms with Crippen molar-refractivity contribution in [1.82, 2.24) is 4.90 Å². The molecule has 0 aliphatic carbocycles. The van der Waals surface area contributed by atoms with Crippen LogP contribution >= 0.6 is 37.2 Å². The number of nitrogens with two attached hydrogens (primary N) is 3. The Bertz CT molecular complexity index is 1380. The Hall–Kier alpha value is -3.57. The zero-order valence-electron chi connectivity index (χ0n) is 22.4. The van der Waals surface area contributed by atoms with E-state index in [9.17, 15) is 9.59 Å². The third-order valence-corrected chi connectivity index (χ3v) is 6.75. The molecule has 222 valence electrons. The van der Waals surface area contributed by atoms with Crippen LogP contribution in [0.3, 0.4) is 0 Å². The Morgan fingerprint density at radius 2 is 1.49 bits per heavy atom. The van der Waals surface area contributed by atoms with E-state index in [4.69, 9.17) is 32.8 Å². The summed E-state index contributed by atoms with van der Waals surface area (Å²) in [5.41, 5.74) is 19.0. The molecular weight excluding hydrogens is 589 g/mol. The van der Waals surface area contributed by atoms with Crippen molar-refractivity contribution in [2.45, 2.75) is 25.7 Å². The SMILES string of the molecule is Cl.Cl.Cl.N=C(N)c1ccc2c(CC(N)=O)c(OC(=O)c3ccc(N(CCN4CCCCC4)C(=N)N)cc3)ccc2c1. The average molecular weight is 625 g/mol. The van der Waals surface area contributed by atoms with E-state index in [1.807, 2.05) is 0 Å². The number of anilines is 1. The van der Waals surface area contributed by atoms with Gasteiger partial charge in [0.1, 0.15) is 11.6 Å². The highest BCUT2D eigenvalue weighted by Gasteiger charge is 2.18. The van der Waals surface area contributed by atoms with Crippen LogP contribution in [0.25, 0.3) is 10.8 Å². The van der Waals surface area contributed by atoms with Gasteiger partial charge in [-0.25, -0.2) is 4.79 Å². The zero-order valence-corrected chi connectivity index (χ0v) is 24.9. The summed E-state index contributed by atoms with van der Waals surface area (Å²) in [5.74, 6) is -1.06. The van der Waals surface area contributed by atoms with Crippen LogP contribution in [0, 0.1) is 10.8 Å². The molecule has 1 fully saturated rings. The summed E-state index contributed by atoms with van der Waals surface area (Å²) in [5, 5.41) is 17.1. The maximum absolute atomic E-state index is 13.0. The molecule has 10 nitrogen and oxygen atoms in total. The highest BCUT2D eigenvalue weighted by molar-refractivity contribution is 6.01. The lowest BCUT2D eigenvalue weighted by Crippen LogP contribution is -2.43. The normalized spacial score (nSPS) is 12.7. The first-order valence-electron chi connectivity index (χ1n) is 12.6. The lowest BCUT2D eigenvalue weighted by atomic mass is 9.98. The lowest BCUT2D eigenvalue weighted by Gasteiger charge is -2.30. The fraction of sp³-hybridized carbons (Fsp3) is 0.286. The number of esters is 1. The average Bonchev–Trinajstić information content (AvgIpc) is 2.90. The number of hydrogen-bond donors (Lipinski definition) is 5. The molecule has 13 heteroatoms. The number of benzene rings is 3. The van der Waals surface area contributed by atoms with Crippen molar-refractivity contribution < 1.29 is 14.3 Å². The van der Waals surface area contributed by atoms with Crippen LogP contribution in [0.5, 0.6) is 5.75 Å². The van der Waals surface area contributed by atoms with Crippen molar-refractivity contribution in [2.75, 3.05) is 31.1 Å². The van der Waals surface area contributed by atoms with Gasteiger partial charge in [-0.1, -0.05) is 24.6 Å². The van der Waals surface area contributed by atoms with E-state index in [0.717, 1.165) is 25.0 Å². The molecular formula is C28H36Cl3N7O3. The number of hydrogen-bond acceptors (Lipinski definition) is 6. The van der Waals surface area contributed by atoms with E-state index in [1.54, 1.807) is 59.5 Å². The quantitative estimate of drug-likeness (QED) is 0.104. The largest absolute Gasteiger partial charge is 0.423 e. The molecule has 0 bridgehead atoms. The summed E-state index contributed by atoms with van der Waals surface area (Å²) in [6.45, 7) is 3.50. The maximum Gasteiger partial charge on any atom is 0.343 e. The summed E-state index contributed by atoms with van der Waals surface area (Å²) in [7, 11) is 0. The monoisotopic (exact) mass is 623 g/mol. The summed E-state index contributed by atoms with van der Waals surface area (Å²) in [6.07, 6.45) is 3.51. The smallest absolute Gasteiger partial charge is 0.343 e. The first kappa shape index (κ1) is 35.5. The van der Waals surface area contributed by atoms with Gasteiger partial charge in [-0.2, -0.15) is 0 Å². The summed E-state index contributed by atoms with van der Waals surface area (Å²) in [6, 6.07) is 15.2. The van der Waals surface area contributed by atoms with Gasteiger partial charge >= 0.3 is 5.97 Å². The lowest BCUT2D eigenvalue weighted by molar-refractivity contribution is -0.117. The molecule has 0 spiro atoms. The van der Waals surface area contributed by atoms with Crippen molar-refractivity contribution in [3.63, 3.8) is 0 Å². The first-order valence-corrected chi connectivity index (χ1v) is 12.6. The summed E-state index contributed by atoms with van der Waals surface area (Å²) >= 11 is 0. The molecule has 3 aromatic rings. The van der Waals surface area contributed by atoms with Gasteiger partial charge in [-0.15, -0.1) is 37.2 Å². The number of carbonyl (C=O) groups is 2. The molecule has 0 aromatic heterocycles. The highest BCUT2D eigenvalue weighted by Crippen LogP contribution is 2.30. The van der Waals surface area contributed by atoms with Crippen molar-refractivity contribution in [3.05, 3.63) is 71.3 Å². The summed E-state index contributed by atoms with van der Waals surface area (Å²) in [4.78, 5) is 28.9. The van der Waals surface area contributed by atoms with Crippen molar-refractivity contribution in [2.24, 2.45) is 17.2 Å². The number of halogens is 3. The number of primary amides is 1.